The topological polar surface area (TPSA) is 75.7 Å². The number of aryl methyl sites for hydroxylation is 1. The highest BCUT2D eigenvalue weighted by Crippen LogP contribution is 2.26. The van der Waals surface area contributed by atoms with E-state index >= 15 is 0 Å². The molecule has 0 aromatic heterocycles. The molecule has 156 valence electrons. The van der Waals surface area contributed by atoms with E-state index in [1.165, 1.54) is 4.31 Å². The second kappa shape index (κ2) is 9.41. The van der Waals surface area contributed by atoms with Gasteiger partial charge in [0.15, 0.2) is 0 Å². The molecule has 1 N–H and O–H groups in total. The minimum absolute atomic E-state index is 0.127. The highest BCUT2D eigenvalue weighted by atomic mass is 32.2. The zero-order valence-electron chi connectivity index (χ0n) is 16.9. The van der Waals surface area contributed by atoms with E-state index in [9.17, 15) is 13.2 Å². The van der Waals surface area contributed by atoms with Crippen molar-refractivity contribution < 1.29 is 17.9 Å². The molecule has 7 heteroatoms. The van der Waals surface area contributed by atoms with Crippen molar-refractivity contribution in [2.45, 2.75) is 38.0 Å². The fraction of sp³-hybridized carbons (Fsp3) is 0.409. The van der Waals surface area contributed by atoms with Crippen molar-refractivity contribution >= 4 is 21.6 Å². The Morgan fingerprint density at radius 3 is 2.55 bits per heavy atom. The highest BCUT2D eigenvalue weighted by molar-refractivity contribution is 7.89. The monoisotopic (exact) mass is 416 g/mol. The number of nitrogens with one attached hydrogen (secondary N) is 1. The Balaban J connectivity index is 1.71. The van der Waals surface area contributed by atoms with Crippen molar-refractivity contribution in [1.82, 2.24) is 4.31 Å². The van der Waals surface area contributed by atoms with Crippen molar-refractivity contribution in [3.8, 4) is 5.75 Å². The Morgan fingerprint density at radius 2 is 1.86 bits per heavy atom. The predicted octanol–water partition coefficient (Wildman–Crippen LogP) is 3.69. The molecule has 1 aliphatic heterocycles. The van der Waals surface area contributed by atoms with Crippen LogP contribution in [-0.4, -0.2) is 38.3 Å². The molecular weight excluding hydrogens is 388 g/mol. The van der Waals surface area contributed by atoms with Crippen LogP contribution in [0.4, 0.5) is 5.69 Å². The molecule has 29 heavy (non-hydrogen) atoms. The largest absolute Gasteiger partial charge is 0.494 e. The Bertz CT molecular complexity index is 942. The molecule has 2 aromatic carbocycles. The molecule has 0 spiro atoms. The number of anilines is 1. The zero-order chi connectivity index (χ0) is 20.9. The van der Waals surface area contributed by atoms with Gasteiger partial charge in [-0.2, -0.15) is 4.31 Å². The molecule has 6 nitrogen and oxygen atoms in total. The number of para-hydroxylation sites is 1. The number of carbonyl (C=O) groups is 1. The smallest absolute Gasteiger partial charge is 0.243 e. The third kappa shape index (κ3) is 4.97. The van der Waals surface area contributed by atoms with Gasteiger partial charge in [-0.25, -0.2) is 8.42 Å². The van der Waals surface area contributed by atoms with E-state index in [2.05, 4.69) is 5.32 Å². The summed E-state index contributed by atoms with van der Waals surface area (Å²) in [7, 11) is -3.65. The van der Waals surface area contributed by atoms with E-state index in [1.807, 2.05) is 38.1 Å². The van der Waals surface area contributed by atoms with Gasteiger partial charge in [0.05, 0.1) is 17.4 Å². The van der Waals surface area contributed by atoms with E-state index < -0.39 is 10.0 Å². The lowest BCUT2D eigenvalue weighted by Gasteiger charge is -2.31. The number of hydrogen-bond acceptors (Lipinski definition) is 4. The first kappa shape index (κ1) is 21.3. The van der Waals surface area contributed by atoms with Gasteiger partial charge in [0.25, 0.3) is 0 Å². The number of benzene rings is 2. The van der Waals surface area contributed by atoms with E-state index in [0.29, 0.717) is 31.7 Å². The number of amides is 1. The fourth-order valence-corrected chi connectivity index (χ4v) is 5.11. The molecule has 1 aliphatic rings. The number of piperidine rings is 1. The van der Waals surface area contributed by atoms with E-state index in [1.54, 1.807) is 24.3 Å². The van der Waals surface area contributed by atoms with Crippen LogP contribution in [0, 0.1) is 5.92 Å². The minimum Gasteiger partial charge on any atom is -0.494 e. The second-order valence-corrected chi connectivity index (χ2v) is 9.04. The summed E-state index contributed by atoms with van der Waals surface area (Å²) in [6, 6.07) is 14.1. The number of nitrogens with zero attached hydrogens (tertiary/aromatic N) is 1. The Morgan fingerprint density at radius 1 is 1.14 bits per heavy atom. The van der Waals surface area contributed by atoms with Crippen LogP contribution in [0.15, 0.2) is 53.4 Å². The normalized spacial score (nSPS) is 17.7. The first-order valence-corrected chi connectivity index (χ1v) is 11.5. The Hall–Kier alpha value is -2.38. The maximum Gasteiger partial charge on any atom is 0.243 e. The number of hydrogen-bond donors (Lipinski definition) is 1. The standard InChI is InChI=1S/C22H28N2O4S/c1-3-17-8-5-6-10-21(17)23-22(25)18-9-7-15-24(16-18)29(26,27)20-13-11-19(12-14-20)28-4-2/h5-6,8,10-14,18H,3-4,7,9,15-16H2,1-2H3,(H,23,25)/t18-/m0/s1. The van der Waals surface area contributed by atoms with Gasteiger partial charge in [-0.05, 0) is 62.1 Å². The summed E-state index contributed by atoms with van der Waals surface area (Å²) in [6.45, 7) is 5.05. The molecule has 0 aliphatic carbocycles. The van der Waals surface area contributed by atoms with E-state index in [-0.39, 0.29) is 23.3 Å². The molecule has 3 rings (SSSR count). The molecular formula is C22H28N2O4S. The lowest BCUT2D eigenvalue weighted by atomic mass is 9.98. The number of rotatable bonds is 7. The summed E-state index contributed by atoms with van der Waals surface area (Å²) in [5.41, 5.74) is 1.86. The summed E-state index contributed by atoms with van der Waals surface area (Å²) in [4.78, 5) is 13.0. The third-order valence-corrected chi connectivity index (χ3v) is 7.06. The molecule has 1 atom stereocenters. The third-order valence-electron chi connectivity index (χ3n) is 5.18. The van der Waals surface area contributed by atoms with Crippen LogP contribution < -0.4 is 10.1 Å². The molecule has 0 bridgehead atoms. The summed E-state index contributed by atoms with van der Waals surface area (Å²) >= 11 is 0. The maximum absolute atomic E-state index is 13.0. The average molecular weight is 417 g/mol. The summed E-state index contributed by atoms with van der Waals surface area (Å²) in [6.07, 6.45) is 2.15. The Labute approximate surface area is 172 Å². The van der Waals surface area contributed by atoms with Gasteiger partial charge in [0, 0.05) is 18.8 Å². The SMILES string of the molecule is CCOc1ccc(S(=O)(=O)N2CCC[C@H](C(=O)Nc3ccccc3CC)C2)cc1. The number of ether oxygens (including phenoxy) is 1. The minimum atomic E-state index is -3.65. The van der Waals surface area contributed by atoms with Crippen LogP contribution >= 0.6 is 0 Å². The van der Waals surface area contributed by atoms with E-state index in [4.69, 9.17) is 4.74 Å². The van der Waals surface area contributed by atoms with E-state index in [0.717, 1.165) is 17.7 Å². The average Bonchev–Trinajstić information content (AvgIpc) is 2.75. The summed E-state index contributed by atoms with van der Waals surface area (Å²) < 4.78 is 32.9. The number of sulfonamides is 1. The first-order valence-electron chi connectivity index (χ1n) is 10.1. The van der Waals surface area contributed by atoms with Gasteiger partial charge < -0.3 is 10.1 Å². The van der Waals surface area contributed by atoms with Gasteiger partial charge in [-0.1, -0.05) is 25.1 Å². The lowest BCUT2D eigenvalue weighted by Crippen LogP contribution is -2.43. The van der Waals surface area contributed by atoms with Crippen molar-refractivity contribution in [3.05, 3.63) is 54.1 Å². The predicted molar refractivity (Wildman–Crippen MR) is 114 cm³/mol. The zero-order valence-corrected chi connectivity index (χ0v) is 17.7. The van der Waals surface area contributed by atoms with Gasteiger partial charge in [-0.3, -0.25) is 4.79 Å². The van der Waals surface area contributed by atoms with Gasteiger partial charge in [-0.15, -0.1) is 0 Å². The first-order chi connectivity index (χ1) is 14.0. The van der Waals surface area contributed by atoms with Crippen molar-refractivity contribution in [2.75, 3.05) is 25.0 Å². The quantitative estimate of drug-likeness (QED) is 0.747. The molecule has 1 amide bonds. The molecule has 0 saturated carbocycles. The fourth-order valence-electron chi connectivity index (χ4n) is 3.58. The van der Waals surface area contributed by atoms with Crippen LogP contribution in [0.5, 0.6) is 5.75 Å². The maximum atomic E-state index is 13.0. The second-order valence-electron chi connectivity index (χ2n) is 7.11. The Kier molecular flexibility index (Phi) is 6.92. The lowest BCUT2D eigenvalue weighted by molar-refractivity contribution is -0.120. The van der Waals surface area contributed by atoms with Crippen LogP contribution in [0.1, 0.15) is 32.3 Å². The highest BCUT2D eigenvalue weighted by Gasteiger charge is 2.33. The van der Waals surface area contributed by atoms with Gasteiger partial charge in [0.2, 0.25) is 15.9 Å². The van der Waals surface area contributed by atoms with Crippen LogP contribution in [0.2, 0.25) is 0 Å². The number of carbonyl (C=O) groups excluding carboxylic acids is 1. The summed E-state index contributed by atoms with van der Waals surface area (Å²) in [5, 5.41) is 2.99. The van der Waals surface area contributed by atoms with Crippen molar-refractivity contribution in [1.29, 1.82) is 0 Å². The van der Waals surface area contributed by atoms with Crippen molar-refractivity contribution in [2.24, 2.45) is 5.92 Å². The molecule has 1 saturated heterocycles. The van der Waals surface area contributed by atoms with Crippen molar-refractivity contribution in [3.63, 3.8) is 0 Å². The molecule has 0 unspecified atom stereocenters. The van der Waals surface area contributed by atoms with Crippen LogP contribution in [-0.2, 0) is 21.2 Å². The van der Waals surface area contributed by atoms with Crippen LogP contribution in [0.25, 0.3) is 0 Å². The molecule has 1 fully saturated rings. The molecule has 2 aromatic rings. The molecule has 0 radical (unpaired) electrons. The van der Waals surface area contributed by atoms with Crippen LogP contribution in [0.3, 0.4) is 0 Å². The summed E-state index contributed by atoms with van der Waals surface area (Å²) in [5.74, 6) is 0.139. The molecule has 1 heterocycles. The van der Waals surface area contributed by atoms with Gasteiger partial charge >= 0.3 is 0 Å². The van der Waals surface area contributed by atoms with Gasteiger partial charge in [0.1, 0.15) is 5.75 Å².